The smallest absolute Gasteiger partial charge is 0.128 e. The Bertz CT molecular complexity index is 432. The Labute approximate surface area is 121 Å². The lowest BCUT2D eigenvalue weighted by Gasteiger charge is -2.38. The Morgan fingerprint density at radius 1 is 1.35 bits per heavy atom. The molecular formula is C16H25FN2O. The van der Waals surface area contributed by atoms with Gasteiger partial charge in [0, 0.05) is 37.8 Å². The van der Waals surface area contributed by atoms with Gasteiger partial charge in [-0.3, -0.25) is 4.90 Å². The van der Waals surface area contributed by atoms with Gasteiger partial charge in [0.05, 0.1) is 7.11 Å². The van der Waals surface area contributed by atoms with E-state index in [2.05, 4.69) is 24.1 Å². The summed E-state index contributed by atoms with van der Waals surface area (Å²) in [6, 6.07) is 5.18. The normalized spacial score (nSPS) is 19.6. The number of methoxy groups -OCH3 is 1. The second kappa shape index (κ2) is 7.04. The maximum absolute atomic E-state index is 14.3. The van der Waals surface area contributed by atoms with Gasteiger partial charge in [-0.25, -0.2) is 4.39 Å². The first-order valence-corrected chi connectivity index (χ1v) is 7.45. The highest BCUT2D eigenvalue weighted by atomic mass is 19.1. The fourth-order valence-corrected chi connectivity index (χ4v) is 2.92. The van der Waals surface area contributed by atoms with Gasteiger partial charge in [-0.1, -0.05) is 20.3 Å². The molecule has 0 aliphatic carbocycles. The zero-order chi connectivity index (χ0) is 14.5. The van der Waals surface area contributed by atoms with E-state index in [1.54, 1.807) is 13.2 Å². The molecule has 2 atom stereocenters. The van der Waals surface area contributed by atoms with Gasteiger partial charge >= 0.3 is 0 Å². The zero-order valence-electron chi connectivity index (χ0n) is 12.7. The van der Waals surface area contributed by atoms with Crippen molar-refractivity contribution in [2.45, 2.75) is 26.3 Å². The molecule has 0 bridgehead atoms. The summed E-state index contributed by atoms with van der Waals surface area (Å²) in [5.74, 6) is 1.01. The van der Waals surface area contributed by atoms with Crippen molar-refractivity contribution in [1.29, 1.82) is 0 Å². The second-order valence-corrected chi connectivity index (χ2v) is 5.50. The standard InChI is InChI=1S/C16H25FN2O/c1-4-12(2)16(19-9-7-18-8-10-19)14-11-13(20-3)5-6-15(14)17/h5-6,11-12,16,18H,4,7-10H2,1-3H3/t12?,16-/m1/s1. The summed E-state index contributed by atoms with van der Waals surface area (Å²) in [4.78, 5) is 2.39. The molecule has 1 heterocycles. The number of rotatable bonds is 5. The Hall–Kier alpha value is -1.13. The molecule has 2 rings (SSSR count). The van der Waals surface area contributed by atoms with Crippen molar-refractivity contribution in [3.8, 4) is 5.75 Å². The van der Waals surface area contributed by atoms with E-state index in [-0.39, 0.29) is 11.9 Å². The average Bonchev–Trinajstić information content (AvgIpc) is 2.50. The number of nitrogens with zero attached hydrogens (tertiary/aromatic N) is 1. The summed E-state index contributed by atoms with van der Waals surface area (Å²) in [6.07, 6.45) is 1.03. The van der Waals surface area contributed by atoms with Crippen LogP contribution >= 0.6 is 0 Å². The molecule has 112 valence electrons. The molecule has 1 aromatic carbocycles. The van der Waals surface area contributed by atoms with Crippen LogP contribution < -0.4 is 10.1 Å². The lowest BCUT2D eigenvalue weighted by Crippen LogP contribution is -2.46. The molecular weight excluding hydrogens is 255 g/mol. The predicted molar refractivity (Wildman–Crippen MR) is 79.6 cm³/mol. The van der Waals surface area contributed by atoms with Crippen LogP contribution in [0, 0.1) is 11.7 Å². The minimum absolute atomic E-state index is 0.122. The van der Waals surface area contributed by atoms with Crippen molar-refractivity contribution in [2.75, 3.05) is 33.3 Å². The predicted octanol–water partition coefficient (Wildman–Crippen LogP) is 2.83. The monoisotopic (exact) mass is 280 g/mol. The number of ether oxygens (including phenoxy) is 1. The number of piperazine rings is 1. The molecule has 0 amide bonds. The van der Waals surface area contributed by atoms with Crippen LogP contribution in [0.4, 0.5) is 4.39 Å². The zero-order valence-corrected chi connectivity index (χ0v) is 12.7. The summed E-state index contributed by atoms with van der Waals surface area (Å²) < 4.78 is 19.6. The van der Waals surface area contributed by atoms with Crippen LogP contribution in [0.3, 0.4) is 0 Å². The summed E-state index contributed by atoms with van der Waals surface area (Å²) in [5, 5.41) is 3.36. The highest BCUT2D eigenvalue weighted by molar-refractivity contribution is 5.32. The quantitative estimate of drug-likeness (QED) is 0.897. The number of nitrogens with one attached hydrogen (secondary N) is 1. The summed E-state index contributed by atoms with van der Waals surface area (Å²) in [5.41, 5.74) is 0.764. The molecule has 1 aliphatic rings. The SMILES string of the molecule is CCC(C)[C@H](c1cc(OC)ccc1F)N1CCNCC1. The molecule has 0 spiro atoms. The van der Waals surface area contributed by atoms with E-state index in [0.29, 0.717) is 5.92 Å². The molecule has 1 saturated heterocycles. The molecule has 3 nitrogen and oxygen atoms in total. The Morgan fingerprint density at radius 3 is 2.65 bits per heavy atom. The van der Waals surface area contributed by atoms with Gasteiger partial charge in [0.25, 0.3) is 0 Å². The van der Waals surface area contributed by atoms with Gasteiger partial charge in [-0.15, -0.1) is 0 Å². The van der Waals surface area contributed by atoms with Gasteiger partial charge < -0.3 is 10.1 Å². The number of halogens is 1. The highest BCUT2D eigenvalue weighted by Gasteiger charge is 2.28. The van der Waals surface area contributed by atoms with E-state index in [1.807, 2.05) is 6.07 Å². The van der Waals surface area contributed by atoms with Crippen molar-refractivity contribution in [3.63, 3.8) is 0 Å². The van der Waals surface area contributed by atoms with E-state index in [0.717, 1.165) is 43.9 Å². The van der Waals surface area contributed by atoms with Crippen LogP contribution in [-0.2, 0) is 0 Å². The summed E-state index contributed by atoms with van der Waals surface area (Å²) in [7, 11) is 1.63. The number of benzene rings is 1. The van der Waals surface area contributed by atoms with Gasteiger partial charge in [0.2, 0.25) is 0 Å². The minimum atomic E-state index is -0.130. The van der Waals surface area contributed by atoms with Gasteiger partial charge in [0.15, 0.2) is 0 Å². The van der Waals surface area contributed by atoms with E-state index in [4.69, 9.17) is 4.74 Å². The Kier molecular flexibility index (Phi) is 5.38. The molecule has 0 saturated carbocycles. The molecule has 1 N–H and O–H groups in total. The molecule has 1 aliphatic heterocycles. The molecule has 4 heteroatoms. The number of hydrogen-bond acceptors (Lipinski definition) is 3. The van der Waals surface area contributed by atoms with Crippen molar-refractivity contribution in [3.05, 3.63) is 29.6 Å². The van der Waals surface area contributed by atoms with Crippen LogP contribution in [0.15, 0.2) is 18.2 Å². The molecule has 1 unspecified atom stereocenters. The van der Waals surface area contributed by atoms with Crippen LogP contribution in [0.25, 0.3) is 0 Å². The van der Waals surface area contributed by atoms with Crippen molar-refractivity contribution >= 4 is 0 Å². The first-order valence-electron chi connectivity index (χ1n) is 7.45. The van der Waals surface area contributed by atoms with Gasteiger partial charge in [-0.2, -0.15) is 0 Å². The topological polar surface area (TPSA) is 24.5 Å². The van der Waals surface area contributed by atoms with Crippen molar-refractivity contribution < 1.29 is 9.13 Å². The first-order chi connectivity index (χ1) is 9.67. The molecule has 1 fully saturated rings. The fourth-order valence-electron chi connectivity index (χ4n) is 2.92. The van der Waals surface area contributed by atoms with E-state index in [9.17, 15) is 4.39 Å². The van der Waals surface area contributed by atoms with Crippen LogP contribution in [0.2, 0.25) is 0 Å². The maximum atomic E-state index is 14.3. The van der Waals surface area contributed by atoms with Crippen LogP contribution in [0.5, 0.6) is 5.75 Å². The fraction of sp³-hybridized carbons (Fsp3) is 0.625. The number of hydrogen-bond donors (Lipinski definition) is 1. The van der Waals surface area contributed by atoms with Crippen molar-refractivity contribution in [1.82, 2.24) is 10.2 Å². The summed E-state index contributed by atoms with van der Waals surface area (Å²) in [6.45, 7) is 8.23. The first kappa shape index (κ1) is 15.3. The Balaban J connectivity index is 2.34. The third kappa shape index (κ3) is 3.30. The second-order valence-electron chi connectivity index (χ2n) is 5.50. The van der Waals surface area contributed by atoms with Crippen LogP contribution in [-0.4, -0.2) is 38.2 Å². The lowest BCUT2D eigenvalue weighted by atomic mass is 9.90. The molecule has 0 aromatic heterocycles. The Morgan fingerprint density at radius 2 is 2.05 bits per heavy atom. The minimum Gasteiger partial charge on any atom is -0.497 e. The van der Waals surface area contributed by atoms with E-state index < -0.39 is 0 Å². The molecule has 1 aromatic rings. The molecule has 0 radical (unpaired) electrons. The highest BCUT2D eigenvalue weighted by Crippen LogP contribution is 2.34. The van der Waals surface area contributed by atoms with E-state index >= 15 is 0 Å². The lowest BCUT2D eigenvalue weighted by molar-refractivity contribution is 0.125. The van der Waals surface area contributed by atoms with E-state index in [1.165, 1.54) is 6.07 Å². The summed E-state index contributed by atoms with van der Waals surface area (Å²) >= 11 is 0. The van der Waals surface area contributed by atoms with Crippen LogP contribution in [0.1, 0.15) is 31.9 Å². The largest absolute Gasteiger partial charge is 0.497 e. The molecule has 20 heavy (non-hydrogen) atoms. The third-order valence-corrected chi connectivity index (χ3v) is 4.25. The van der Waals surface area contributed by atoms with Gasteiger partial charge in [-0.05, 0) is 24.1 Å². The maximum Gasteiger partial charge on any atom is 0.128 e. The van der Waals surface area contributed by atoms with Gasteiger partial charge in [0.1, 0.15) is 11.6 Å². The average molecular weight is 280 g/mol. The third-order valence-electron chi connectivity index (χ3n) is 4.25. The van der Waals surface area contributed by atoms with Crippen molar-refractivity contribution in [2.24, 2.45) is 5.92 Å².